The van der Waals surface area contributed by atoms with Crippen LogP contribution in [0.25, 0.3) is 11.3 Å². The molecular formula is C13H14ClNOS. The molecular weight excluding hydrogens is 254 g/mol. The SMILES string of the molecule is CCc1cc(-c2csc(CCl)n2)ccc1OC. The van der Waals surface area contributed by atoms with Crippen molar-refractivity contribution in [3.63, 3.8) is 0 Å². The Balaban J connectivity index is 2.38. The summed E-state index contributed by atoms with van der Waals surface area (Å²) >= 11 is 7.36. The van der Waals surface area contributed by atoms with Gasteiger partial charge in [-0.05, 0) is 30.2 Å². The molecule has 0 aliphatic heterocycles. The first-order valence-electron chi connectivity index (χ1n) is 5.46. The van der Waals surface area contributed by atoms with E-state index in [-0.39, 0.29) is 0 Å². The van der Waals surface area contributed by atoms with E-state index in [1.807, 2.05) is 17.5 Å². The second kappa shape index (κ2) is 5.52. The number of rotatable bonds is 4. The molecule has 17 heavy (non-hydrogen) atoms. The molecule has 0 N–H and O–H groups in total. The Morgan fingerprint density at radius 3 is 2.82 bits per heavy atom. The summed E-state index contributed by atoms with van der Waals surface area (Å²) in [6.07, 6.45) is 0.948. The number of methoxy groups -OCH3 is 1. The maximum Gasteiger partial charge on any atom is 0.122 e. The summed E-state index contributed by atoms with van der Waals surface area (Å²) in [4.78, 5) is 4.48. The van der Waals surface area contributed by atoms with Crippen LogP contribution in [0.3, 0.4) is 0 Å². The van der Waals surface area contributed by atoms with Gasteiger partial charge in [0.05, 0.1) is 18.7 Å². The second-order valence-corrected chi connectivity index (χ2v) is 4.85. The molecule has 0 aliphatic rings. The molecule has 0 aliphatic carbocycles. The highest BCUT2D eigenvalue weighted by Crippen LogP contribution is 2.28. The van der Waals surface area contributed by atoms with Crippen molar-refractivity contribution in [3.8, 4) is 17.0 Å². The standard InChI is InChI=1S/C13H14ClNOS/c1-3-9-6-10(4-5-12(9)16-2)11-8-17-13(7-14)15-11/h4-6,8H,3,7H2,1-2H3. The lowest BCUT2D eigenvalue weighted by molar-refractivity contribution is 0.410. The number of nitrogens with zero attached hydrogens (tertiary/aromatic N) is 1. The molecule has 1 heterocycles. The third-order valence-corrected chi connectivity index (χ3v) is 3.88. The summed E-state index contributed by atoms with van der Waals surface area (Å²) in [5.41, 5.74) is 3.31. The molecule has 0 radical (unpaired) electrons. The molecule has 0 saturated heterocycles. The first-order valence-corrected chi connectivity index (χ1v) is 6.87. The summed E-state index contributed by atoms with van der Waals surface area (Å²) in [7, 11) is 1.70. The van der Waals surface area contributed by atoms with Crippen molar-refractivity contribution < 1.29 is 4.74 Å². The number of ether oxygens (including phenoxy) is 1. The number of alkyl halides is 1. The fourth-order valence-electron chi connectivity index (χ4n) is 1.72. The zero-order valence-corrected chi connectivity index (χ0v) is 11.4. The number of thiazole rings is 1. The zero-order chi connectivity index (χ0) is 12.3. The van der Waals surface area contributed by atoms with Crippen molar-refractivity contribution in [1.82, 2.24) is 4.98 Å². The molecule has 0 atom stereocenters. The first kappa shape index (κ1) is 12.4. The normalized spacial score (nSPS) is 10.5. The molecule has 4 heteroatoms. The van der Waals surface area contributed by atoms with E-state index in [0.717, 1.165) is 28.4 Å². The number of aryl methyl sites for hydroxylation is 1. The fourth-order valence-corrected chi connectivity index (χ4v) is 2.62. The highest BCUT2D eigenvalue weighted by atomic mass is 35.5. The van der Waals surface area contributed by atoms with Gasteiger partial charge in [0, 0.05) is 10.9 Å². The number of halogens is 1. The van der Waals surface area contributed by atoms with E-state index in [2.05, 4.69) is 18.0 Å². The van der Waals surface area contributed by atoms with Crippen LogP contribution < -0.4 is 4.74 Å². The van der Waals surface area contributed by atoms with E-state index in [1.165, 1.54) is 5.56 Å². The molecule has 1 aromatic carbocycles. The van der Waals surface area contributed by atoms with Crippen molar-refractivity contribution in [1.29, 1.82) is 0 Å². The van der Waals surface area contributed by atoms with Crippen LogP contribution >= 0.6 is 22.9 Å². The predicted octanol–water partition coefficient (Wildman–Crippen LogP) is 4.12. The quantitative estimate of drug-likeness (QED) is 0.778. The van der Waals surface area contributed by atoms with Crippen molar-refractivity contribution in [2.45, 2.75) is 19.2 Å². The Labute approximate surface area is 110 Å². The molecule has 0 bridgehead atoms. The van der Waals surface area contributed by atoms with Gasteiger partial charge in [-0.15, -0.1) is 22.9 Å². The number of aromatic nitrogens is 1. The van der Waals surface area contributed by atoms with Crippen molar-refractivity contribution >= 4 is 22.9 Å². The molecule has 0 fully saturated rings. The maximum atomic E-state index is 5.76. The van der Waals surface area contributed by atoms with E-state index >= 15 is 0 Å². The average Bonchev–Trinajstić information content (AvgIpc) is 2.86. The Hall–Kier alpha value is -1.06. The number of hydrogen-bond acceptors (Lipinski definition) is 3. The lowest BCUT2D eigenvalue weighted by atomic mass is 10.1. The van der Waals surface area contributed by atoms with Gasteiger partial charge in [0.1, 0.15) is 10.8 Å². The molecule has 2 nitrogen and oxygen atoms in total. The van der Waals surface area contributed by atoms with Gasteiger partial charge in [0.2, 0.25) is 0 Å². The molecule has 0 unspecified atom stereocenters. The maximum absolute atomic E-state index is 5.76. The summed E-state index contributed by atoms with van der Waals surface area (Å²) in [6.45, 7) is 2.12. The predicted molar refractivity (Wildman–Crippen MR) is 73.0 cm³/mol. The Morgan fingerprint density at radius 1 is 1.41 bits per heavy atom. The molecule has 1 aromatic heterocycles. The van der Waals surface area contributed by atoms with Gasteiger partial charge < -0.3 is 4.74 Å². The van der Waals surface area contributed by atoms with Crippen molar-refractivity contribution in [2.24, 2.45) is 0 Å². The van der Waals surface area contributed by atoms with Crippen LogP contribution in [0.15, 0.2) is 23.6 Å². The Morgan fingerprint density at radius 2 is 2.24 bits per heavy atom. The average molecular weight is 268 g/mol. The minimum absolute atomic E-state index is 0.474. The topological polar surface area (TPSA) is 22.1 Å². The molecule has 0 amide bonds. The van der Waals surface area contributed by atoms with Gasteiger partial charge >= 0.3 is 0 Å². The Bertz CT molecular complexity index is 510. The fraction of sp³-hybridized carbons (Fsp3) is 0.308. The minimum atomic E-state index is 0.474. The van der Waals surface area contributed by atoms with E-state index in [0.29, 0.717) is 5.88 Å². The highest BCUT2D eigenvalue weighted by Gasteiger charge is 2.07. The number of benzene rings is 1. The summed E-state index contributed by atoms with van der Waals surface area (Å²) < 4.78 is 5.31. The van der Waals surface area contributed by atoms with Crippen molar-refractivity contribution in [2.75, 3.05) is 7.11 Å². The summed E-state index contributed by atoms with van der Waals surface area (Å²) in [5, 5.41) is 2.99. The van der Waals surface area contributed by atoms with Gasteiger partial charge in [-0.3, -0.25) is 0 Å². The van der Waals surface area contributed by atoms with E-state index in [4.69, 9.17) is 16.3 Å². The van der Waals surface area contributed by atoms with Crippen molar-refractivity contribution in [3.05, 3.63) is 34.2 Å². The molecule has 90 valence electrons. The van der Waals surface area contributed by atoms with E-state index < -0.39 is 0 Å². The van der Waals surface area contributed by atoms with Crippen LogP contribution in [0, 0.1) is 0 Å². The van der Waals surface area contributed by atoms with Gasteiger partial charge in [0.15, 0.2) is 0 Å². The van der Waals surface area contributed by atoms with Crippen LogP contribution in [-0.4, -0.2) is 12.1 Å². The molecule has 0 saturated carbocycles. The van der Waals surface area contributed by atoms with Gasteiger partial charge in [0.25, 0.3) is 0 Å². The van der Waals surface area contributed by atoms with Crippen LogP contribution in [0.1, 0.15) is 17.5 Å². The Kier molecular flexibility index (Phi) is 4.02. The van der Waals surface area contributed by atoms with Gasteiger partial charge in [-0.25, -0.2) is 4.98 Å². The van der Waals surface area contributed by atoms with E-state index in [9.17, 15) is 0 Å². The molecule has 0 spiro atoms. The summed E-state index contributed by atoms with van der Waals surface area (Å²) in [6, 6.07) is 6.16. The molecule has 2 rings (SSSR count). The third-order valence-electron chi connectivity index (χ3n) is 2.62. The molecule has 2 aromatic rings. The smallest absolute Gasteiger partial charge is 0.122 e. The number of hydrogen-bond donors (Lipinski definition) is 0. The highest BCUT2D eigenvalue weighted by molar-refractivity contribution is 7.10. The van der Waals surface area contributed by atoms with Crippen LogP contribution in [0.2, 0.25) is 0 Å². The lowest BCUT2D eigenvalue weighted by Gasteiger charge is -2.07. The monoisotopic (exact) mass is 267 g/mol. The summed E-state index contributed by atoms with van der Waals surface area (Å²) in [5.74, 6) is 1.41. The lowest BCUT2D eigenvalue weighted by Crippen LogP contribution is -1.91. The largest absolute Gasteiger partial charge is 0.496 e. The minimum Gasteiger partial charge on any atom is -0.496 e. The van der Waals surface area contributed by atoms with E-state index in [1.54, 1.807) is 18.4 Å². The van der Waals surface area contributed by atoms with Crippen LogP contribution in [-0.2, 0) is 12.3 Å². The third kappa shape index (κ3) is 2.61. The van der Waals surface area contributed by atoms with Crippen LogP contribution in [0.5, 0.6) is 5.75 Å². The van der Waals surface area contributed by atoms with Gasteiger partial charge in [-0.1, -0.05) is 6.92 Å². The second-order valence-electron chi connectivity index (χ2n) is 3.64. The van der Waals surface area contributed by atoms with Crippen LogP contribution in [0.4, 0.5) is 0 Å². The first-order chi connectivity index (χ1) is 8.28. The zero-order valence-electron chi connectivity index (χ0n) is 9.87. The van der Waals surface area contributed by atoms with Gasteiger partial charge in [-0.2, -0.15) is 0 Å².